The highest BCUT2D eigenvalue weighted by atomic mass is 19.1. The summed E-state index contributed by atoms with van der Waals surface area (Å²) in [7, 11) is 0. The van der Waals surface area contributed by atoms with Gasteiger partial charge in [0.15, 0.2) is 0 Å². The van der Waals surface area contributed by atoms with E-state index in [1.54, 1.807) is 0 Å². The van der Waals surface area contributed by atoms with E-state index in [4.69, 9.17) is 9.84 Å². The van der Waals surface area contributed by atoms with Crippen molar-refractivity contribution < 1.29 is 14.2 Å². The van der Waals surface area contributed by atoms with Crippen molar-refractivity contribution in [2.24, 2.45) is 0 Å². The molecule has 0 aliphatic heterocycles. The fraction of sp³-hybridized carbons (Fsp3) is 0.214. The maximum Gasteiger partial charge on any atom is 0.224 e. The summed E-state index contributed by atoms with van der Waals surface area (Å²) >= 11 is 0. The van der Waals surface area contributed by atoms with E-state index in [-0.39, 0.29) is 12.5 Å². The molecule has 0 saturated heterocycles. The largest absolute Gasteiger partial charge is 0.439 e. The molecule has 1 heterocycles. The summed E-state index contributed by atoms with van der Waals surface area (Å²) in [4.78, 5) is 3.84. The lowest BCUT2D eigenvalue weighted by Gasteiger charge is -2.09. The third-order valence-corrected chi connectivity index (χ3v) is 2.76. The number of hydrogen-bond acceptors (Lipinski definition) is 3. The fourth-order valence-electron chi connectivity index (χ4n) is 1.56. The van der Waals surface area contributed by atoms with Gasteiger partial charge in [-0.15, -0.1) is 0 Å². The molecule has 0 atom stereocenters. The highest BCUT2D eigenvalue weighted by Crippen LogP contribution is 2.25. The zero-order valence-corrected chi connectivity index (χ0v) is 10.3. The van der Waals surface area contributed by atoms with E-state index in [9.17, 15) is 4.39 Å². The minimum absolute atomic E-state index is 0.224. The van der Waals surface area contributed by atoms with E-state index in [0.717, 1.165) is 17.3 Å². The van der Waals surface area contributed by atoms with E-state index in [1.165, 1.54) is 6.07 Å². The van der Waals surface area contributed by atoms with Gasteiger partial charge in [0.2, 0.25) is 5.88 Å². The summed E-state index contributed by atoms with van der Waals surface area (Å²) < 4.78 is 18.5. The van der Waals surface area contributed by atoms with Crippen LogP contribution in [0.5, 0.6) is 11.6 Å². The van der Waals surface area contributed by atoms with Crippen molar-refractivity contribution in [3.8, 4) is 11.6 Å². The molecule has 0 spiro atoms. The zero-order valence-electron chi connectivity index (χ0n) is 10.3. The minimum atomic E-state index is -0.494. The summed E-state index contributed by atoms with van der Waals surface area (Å²) in [6.45, 7) is 3.67. The van der Waals surface area contributed by atoms with Gasteiger partial charge in [-0.25, -0.2) is 9.37 Å². The van der Waals surface area contributed by atoms with Gasteiger partial charge in [0.1, 0.15) is 11.6 Å². The Morgan fingerprint density at radius 1 is 1.22 bits per heavy atom. The number of halogens is 1. The number of pyridine rings is 1. The molecule has 2 rings (SSSR count). The molecule has 0 fully saturated rings. The van der Waals surface area contributed by atoms with Gasteiger partial charge in [-0.3, -0.25) is 0 Å². The summed E-state index contributed by atoms with van der Waals surface area (Å²) in [6.07, 6.45) is 1.07. The number of aliphatic hydroxyl groups excluding tert-OH is 1. The van der Waals surface area contributed by atoms with Gasteiger partial charge in [-0.1, -0.05) is 6.07 Å². The van der Waals surface area contributed by atoms with Crippen LogP contribution in [0.25, 0.3) is 0 Å². The number of benzene rings is 1. The third-order valence-electron chi connectivity index (χ3n) is 2.76. The molecule has 1 N–H and O–H groups in total. The first-order valence-corrected chi connectivity index (χ1v) is 5.60. The smallest absolute Gasteiger partial charge is 0.224 e. The topological polar surface area (TPSA) is 42.4 Å². The van der Waals surface area contributed by atoms with Gasteiger partial charge in [-0.2, -0.15) is 0 Å². The average Bonchev–Trinajstić information content (AvgIpc) is 2.36. The highest BCUT2D eigenvalue weighted by molar-refractivity contribution is 5.37. The fourth-order valence-corrected chi connectivity index (χ4v) is 1.56. The van der Waals surface area contributed by atoms with Gasteiger partial charge in [0.05, 0.1) is 12.8 Å². The Kier molecular flexibility index (Phi) is 3.58. The van der Waals surface area contributed by atoms with Crippen molar-refractivity contribution in [2.75, 3.05) is 0 Å². The number of aromatic nitrogens is 1. The normalized spacial score (nSPS) is 10.4. The summed E-state index contributed by atoms with van der Waals surface area (Å²) in [5.74, 6) is 0.348. The van der Waals surface area contributed by atoms with E-state index in [1.807, 2.05) is 32.0 Å². The van der Waals surface area contributed by atoms with E-state index >= 15 is 0 Å². The van der Waals surface area contributed by atoms with Crippen LogP contribution in [0.1, 0.15) is 16.7 Å². The van der Waals surface area contributed by atoms with Gasteiger partial charge in [-0.05, 0) is 43.2 Å². The SMILES string of the molecule is Cc1ccc(Oc2ncc(F)cc2CO)cc1C. The first-order valence-electron chi connectivity index (χ1n) is 5.60. The second-order valence-electron chi connectivity index (χ2n) is 4.12. The predicted octanol–water partition coefficient (Wildman–Crippen LogP) is 3.12. The first kappa shape index (κ1) is 12.5. The molecule has 18 heavy (non-hydrogen) atoms. The van der Waals surface area contributed by atoms with Crippen molar-refractivity contribution in [3.05, 3.63) is 53.0 Å². The summed E-state index contributed by atoms with van der Waals surface area (Å²) in [5, 5.41) is 9.13. The molecule has 0 bridgehead atoms. The molecular formula is C14H14FNO2. The standard InChI is InChI=1S/C14H14FNO2/c1-9-3-4-13(5-10(9)2)18-14-11(8-17)6-12(15)7-16-14/h3-7,17H,8H2,1-2H3. The molecule has 94 valence electrons. The molecular weight excluding hydrogens is 233 g/mol. The number of aliphatic hydroxyl groups is 1. The van der Waals surface area contributed by atoms with Crippen molar-refractivity contribution >= 4 is 0 Å². The molecule has 0 unspecified atom stereocenters. The van der Waals surface area contributed by atoms with E-state index < -0.39 is 5.82 Å². The summed E-state index contributed by atoms with van der Waals surface area (Å²) in [5.41, 5.74) is 2.59. The Balaban J connectivity index is 2.30. The Morgan fingerprint density at radius 3 is 2.67 bits per heavy atom. The molecule has 0 aliphatic rings. The molecule has 0 saturated carbocycles. The van der Waals surface area contributed by atoms with Crippen LogP contribution in [0.15, 0.2) is 30.5 Å². The number of hydrogen-bond donors (Lipinski definition) is 1. The Labute approximate surface area is 105 Å². The molecule has 4 heteroatoms. The molecule has 0 radical (unpaired) electrons. The quantitative estimate of drug-likeness (QED) is 0.906. The average molecular weight is 247 g/mol. The second-order valence-corrected chi connectivity index (χ2v) is 4.12. The molecule has 1 aromatic heterocycles. The summed E-state index contributed by atoms with van der Waals surface area (Å²) in [6, 6.07) is 6.84. The van der Waals surface area contributed by atoms with Crippen LogP contribution in [-0.4, -0.2) is 10.1 Å². The lowest BCUT2D eigenvalue weighted by atomic mass is 10.1. The molecule has 0 aliphatic carbocycles. The molecule has 0 amide bonds. The van der Waals surface area contributed by atoms with Crippen LogP contribution >= 0.6 is 0 Å². The first-order chi connectivity index (χ1) is 8.60. The van der Waals surface area contributed by atoms with Crippen LogP contribution in [-0.2, 0) is 6.61 Å². The minimum Gasteiger partial charge on any atom is -0.439 e. The Morgan fingerprint density at radius 2 is 2.00 bits per heavy atom. The number of nitrogens with zero attached hydrogens (tertiary/aromatic N) is 1. The van der Waals surface area contributed by atoms with Crippen LogP contribution < -0.4 is 4.74 Å². The maximum atomic E-state index is 13.0. The van der Waals surface area contributed by atoms with Crippen molar-refractivity contribution in [1.82, 2.24) is 4.98 Å². The van der Waals surface area contributed by atoms with Crippen molar-refractivity contribution in [3.63, 3.8) is 0 Å². The van der Waals surface area contributed by atoms with Gasteiger partial charge in [0, 0.05) is 5.56 Å². The molecule has 2 aromatic rings. The van der Waals surface area contributed by atoms with Crippen LogP contribution in [0.3, 0.4) is 0 Å². The lowest BCUT2D eigenvalue weighted by molar-refractivity contribution is 0.274. The molecule has 1 aromatic carbocycles. The van der Waals surface area contributed by atoms with Gasteiger partial charge < -0.3 is 9.84 Å². The second kappa shape index (κ2) is 5.14. The van der Waals surface area contributed by atoms with Gasteiger partial charge in [0.25, 0.3) is 0 Å². The number of aryl methyl sites for hydroxylation is 2. The maximum absolute atomic E-state index is 13.0. The number of ether oxygens (including phenoxy) is 1. The lowest BCUT2D eigenvalue weighted by Crippen LogP contribution is -1.96. The van der Waals surface area contributed by atoms with E-state index in [2.05, 4.69) is 4.98 Å². The van der Waals surface area contributed by atoms with Crippen molar-refractivity contribution in [1.29, 1.82) is 0 Å². The zero-order chi connectivity index (χ0) is 13.1. The third kappa shape index (κ3) is 2.65. The monoisotopic (exact) mass is 247 g/mol. The number of rotatable bonds is 3. The molecule has 3 nitrogen and oxygen atoms in total. The highest BCUT2D eigenvalue weighted by Gasteiger charge is 2.08. The van der Waals surface area contributed by atoms with Crippen molar-refractivity contribution in [2.45, 2.75) is 20.5 Å². The van der Waals surface area contributed by atoms with Crippen LogP contribution in [0.4, 0.5) is 4.39 Å². The van der Waals surface area contributed by atoms with Crippen LogP contribution in [0.2, 0.25) is 0 Å². The Bertz CT molecular complexity index is 570. The van der Waals surface area contributed by atoms with Gasteiger partial charge >= 0.3 is 0 Å². The van der Waals surface area contributed by atoms with E-state index in [0.29, 0.717) is 11.3 Å². The Hall–Kier alpha value is -1.94. The van der Waals surface area contributed by atoms with Crippen LogP contribution in [0, 0.1) is 19.7 Å². The predicted molar refractivity (Wildman–Crippen MR) is 66.1 cm³/mol.